The molecule has 0 bridgehead atoms. The molecule has 218 valence electrons. The Kier molecular flexibility index (Phi) is 14.9. The molecule has 1 atom stereocenters. The third-order valence-corrected chi connectivity index (χ3v) is 7.08. The van der Waals surface area contributed by atoms with E-state index in [1.807, 2.05) is 45.9 Å². The molecule has 1 aromatic heterocycles. The molecular weight excluding hydrogens is 488 g/mol. The van der Waals surface area contributed by atoms with Crippen molar-refractivity contribution in [1.29, 1.82) is 0 Å². The highest BCUT2D eigenvalue weighted by Crippen LogP contribution is 2.23. The molecule has 0 saturated carbocycles. The van der Waals surface area contributed by atoms with Crippen molar-refractivity contribution in [2.45, 2.75) is 142 Å². The van der Waals surface area contributed by atoms with Crippen LogP contribution in [0, 0.1) is 0 Å². The molecule has 2 rings (SSSR count). The van der Waals surface area contributed by atoms with Crippen LogP contribution in [-0.4, -0.2) is 17.0 Å². The highest BCUT2D eigenvalue weighted by Gasteiger charge is 2.22. The van der Waals surface area contributed by atoms with Crippen molar-refractivity contribution in [3.63, 3.8) is 0 Å². The van der Waals surface area contributed by atoms with Crippen molar-refractivity contribution >= 4 is 11.7 Å². The van der Waals surface area contributed by atoms with E-state index in [9.17, 15) is 9.59 Å². The summed E-state index contributed by atoms with van der Waals surface area (Å²) in [6, 6.07) is 9.62. The molecule has 2 aromatic rings. The van der Waals surface area contributed by atoms with Gasteiger partial charge in [0.25, 0.3) is 5.91 Å². The van der Waals surface area contributed by atoms with Gasteiger partial charge in [-0.2, -0.15) is 4.98 Å². The molecule has 1 unspecified atom stereocenters. The number of ether oxygens (including phenoxy) is 1. The zero-order valence-corrected chi connectivity index (χ0v) is 25.2. The number of amides is 1. The van der Waals surface area contributed by atoms with E-state index in [0.717, 1.165) is 12.8 Å². The van der Waals surface area contributed by atoms with Gasteiger partial charge in [-0.05, 0) is 37.0 Å². The first-order valence-electron chi connectivity index (χ1n) is 15.3. The number of anilines is 1. The number of unbranched alkanes of at least 4 members (excludes halogenated alkanes) is 12. The fraction of sp³-hybridized carbons (Fsp3) is 0.667. The van der Waals surface area contributed by atoms with Crippen LogP contribution in [0.4, 0.5) is 5.82 Å². The Labute approximate surface area is 236 Å². The smallest absolute Gasteiger partial charge is 0.440 e. The second kappa shape index (κ2) is 17.9. The fourth-order valence-electron chi connectivity index (χ4n) is 4.65. The Morgan fingerprint density at radius 1 is 0.897 bits per heavy atom. The first-order valence-corrected chi connectivity index (χ1v) is 15.3. The SMILES string of the molecule is CCCCCCCCCCCCCCCc1cccc(OC(CC)C(=O)Nc2cc(C(C)(C)C)oc(=O)n2)c1. The van der Waals surface area contributed by atoms with Gasteiger partial charge in [-0.3, -0.25) is 4.79 Å². The lowest BCUT2D eigenvalue weighted by Crippen LogP contribution is -2.33. The summed E-state index contributed by atoms with van der Waals surface area (Å²) in [5, 5.41) is 2.73. The first kappa shape index (κ1) is 32.6. The van der Waals surface area contributed by atoms with Crippen LogP contribution in [0.2, 0.25) is 0 Å². The number of nitrogens with one attached hydrogen (secondary N) is 1. The predicted octanol–water partition coefficient (Wildman–Crippen LogP) is 8.76. The summed E-state index contributed by atoms with van der Waals surface area (Å²) in [5.74, 6) is 0.261. The molecular formula is C33H52N2O4. The standard InChI is InChI=1S/C33H52N2O4/c1-6-8-9-10-11-12-13-14-15-16-17-18-19-21-26-22-20-23-27(24-26)38-28(7-2)31(36)34-30-25-29(33(3,4)5)39-32(37)35-30/h20,22-25,28H,6-19,21H2,1-5H3,(H,34,35,36,37). The van der Waals surface area contributed by atoms with Crippen LogP contribution >= 0.6 is 0 Å². The van der Waals surface area contributed by atoms with Crippen LogP contribution in [0.15, 0.2) is 39.5 Å². The lowest BCUT2D eigenvalue weighted by Gasteiger charge is -2.19. The number of carbonyl (C=O) groups is 1. The monoisotopic (exact) mass is 540 g/mol. The third kappa shape index (κ3) is 13.3. The molecule has 1 N–H and O–H groups in total. The van der Waals surface area contributed by atoms with E-state index >= 15 is 0 Å². The van der Waals surface area contributed by atoms with Gasteiger partial charge in [-0.1, -0.05) is 124 Å². The van der Waals surface area contributed by atoms with E-state index in [1.165, 1.54) is 82.6 Å². The quantitative estimate of drug-likeness (QED) is 0.180. The Hall–Kier alpha value is -2.63. The van der Waals surface area contributed by atoms with Gasteiger partial charge in [0.05, 0.1) is 0 Å². The summed E-state index contributed by atoms with van der Waals surface area (Å²) >= 11 is 0. The summed E-state index contributed by atoms with van der Waals surface area (Å²) in [6.07, 6.45) is 18.3. The number of benzene rings is 1. The molecule has 0 aliphatic carbocycles. The van der Waals surface area contributed by atoms with Crippen LogP contribution in [-0.2, 0) is 16.6 Å². The first-order chi connectivity index (χ1) is 18.7. The zero-order chi connectivity index (χ0) is 28.5. The van der Waals surface area contributed by atoms with Crippen LogP contribution in [0.25, 0.3) is 0 Å². The number of rotatable bonds is 19. The minimum Gasteiger partial charge on any atom is -0.481 e. The fourth-order valence-corrected chi connectivity index (χ4v) is 4.65. The van der Waals surface area contributed by atoms with Crippen LogP contribution in [0.5, 0.6) is 5.75 Å². The second-order valence-corrected chi connectivity index (χ2v) is 11.8. The molecule has 1 heterocycles. The topological polar surface area (TPSA) is 81.4 Å². The van der Waals surface area contributed by atoms with Crippen molar-refractivity contribution in [3.8, 4) is 5.75 Å². The molecule has 39 heavy (non-hydrogen) atoms. The van der Waals surface area contributed by atoms with E-state index in [4.69, 9.17) is 9.15 Å². The third-order valence-electron chi connectivity index (χ3n) is 7.08. The largest absolute Gasteiger partial charge is 0.481 e. The highest BCUT2D eigenvalue weighted by molar-refractivity contribution is 5.93. The number of carbonyl (C=O) groups excluding carboxylic acids is 1. The molecule has 0 aliphatic heterocycles. The molecule has 0 spiro atoms. The maximum Gasteiger partial charge on any atom is 0.440 e. The second-order valence-electron chi connectivity index (χ2n) is 11.8. The molecule has 6 heteroatoms. The number of aryl methyl sites for hydroxylation is 1. The van der Waals surface area contributed by atoms with Gasteiger partial charge < -0.3 is 14.5 Å². The van der Waals surface area contributed by atoms with Gasteiger partial charge in [-0.25, -0.2) is 4.79 Å². The van der Waals surface area contributed by atoms with Gasteiger partial charge in [0.15, 0.2) is 6.10 Å². The van der Waals surface area contributed by atoms with Gasteiger partial charge >= 0.3 is 5.76 Å². The predicted molar refractivity (Wildman–Crippen MR) is 161 cm³/mol. The van der Waals surface area contributed by atoms with E-state index in [2.05, 4.69) is 23.3 Å². The van der Waals surface area contributed by atoms with Crippen LogP contribution in [0.3, 0.4) is 0 Å². The number of aromatic nitrogens is 1. The summed E-state index contributed by atoms with van der Waals surface area (Å²) in [6.45, 7) is 9.96. The Morgan fingerprint density at radius 2 is 1.49 bits per heavy atom. The van der Waals surface area contributed by atoms with Crippen LogP contribution in [0.1, 0.15) is 136 Å². The average Bonchev–Trinajstić information content (AvgIpc) is 2.89. The molecule has 1 aromatic carbocycles. The molecule has 0 fully saturated rings. The van der Waals surface area contributed by atoms with E-state index in [0.29, 0.717) is 17.9 Å². The maximum absolute atomic E-state index is 12.9. The lowest BCUT2D eigenvalue weighted by molar-refractivity contribution is -0.122. The molecule has 0 radical (unpaired) electrons. The average molecular weight is 541 g/mol. The van der Waals surface area contributed by atoms with Crippen molar-refractivity contribution in [2.24, 2.45) is 0 Å². The van der Waals surface area contributed by atoms with E-state index < -0.39 is 11.9 Å². The Bertz CT molecular complexity index is 1020. The van der Waals surface area contributed by atoms with Crippen molar-refractivity contribution in [2.75, 3.05) is 5.32 Å². The van der Waals surface area contributed by atoms with Gasteiger partial charge in [-0.15, -0.1) is 0 Å². The maximum atomic E-state index is 12.9. The number of hydrogen-bond acceptors (Lipinski definition) is 5. The summed E-state index contributed by atoms with van der Waals surface area (Å²) in [5.41, 5.74) is 0.846. The number of nitrogens with zero attached hydrogens (tertiary/aromatic N) is 1. The van der Waals surface area contributed by atoms with Gasteiger partial charge in [0.2, 0.25) is 0 Å². The summed E-state index contributed by atoms with van der Waals surface area (Å²) in [4.78, 5) is 28.6. The Morgan fingerprint density at radius 3 is 2.05 bits per heavy atom. The lowest BCUT2D eigenvalue weighted by atomic mass is 9.93. The highest BCUT2D eigenvalue weighted by atomic mass is 16.5. The minimum absolute atomic E-state index is 0.180. The zero-order valence-electron chi connectivity index (χ0n) is 25.2. The van der Waals surface area contributed by atoms with Gasteiger partial charge in [0, 0.05) is 11.5 Å². The van der Waals surface area contributed by atoms with Crippen LogP contribution < -0.4 is 15.8 Å². The van der Waals surface area contributed by atoms with Crippen molar-refractivity contribution in [3.05, 3.63) is 52.2 Å². The molecule has 6 nitrogen and oxygen atoms in total. The normalized spacial score (nSPS) is 12.3. The summed E-state index contributed by atoms with van der Waals surface area (Å²) < 4.78 is 11.2. The molecule has 0 saturated heterocycles. The van der Waals surface area contributed by atoms with Crippen molar-refractivity contribution < 1.29 is 13.9 Å². The van der Waals surface area contributed by atoms with E-state index in [-0.39, 0.29) is 17.1 Å². The molecule has 0 aliphatic rings. The Balaban J connectivity index is 1.72. The minimum atomic E-state index is -0.729. The molecule has 1 amide bonds. The summed E-state index contributed by atoms with van der Waals surface area (Å²) in [7, 11) is 0. The van der Waals surface area contributed by atoms with E-state index in [1.54, 1.807) is 6.07 Å². The van der Waals surface area contributed by atoms with Gasteiger partial charge in [0.1, 0.15) is 17.3 Å². The van der Waals surface area contributed by atoms with Crippen molar-refractivity contribution in [1.82, 2.24) is 4.98 Å². The number of hydrogen-bond donors (Lipinski definition) is 1.